The number of carbonyl (C=O) groups excluding carboxylic acids is 1. The number of hydrogen-bond acceptors (Lipinski definition) is 6. The van der Waals surface area contributed by atoms with Crippen LogP contribution < -0.4 is 19.7 Å². The van der Waals surface area contributed by atoms with Crippen LogP contribution in [-0.4, -0.2) is 45.0 Å². The Morgan fingerprint density at radius 2 is 1.72 bits per heavy atom. The minimum atomic E-state index is -0.491. The normalized spacial score (nSPS) is 11.3. The van der Waals surface area contributed by atoms with E-state index in [1.165, 1.54) is 0 Å². The van der Waals surface area contributed by atoms with Gasteiger partial charge in [0.05, 0.1) is 13.3 Å². The van der Waals surface area contributed by atoms with Crippen LogP contribution >= 0.6 is 0 Å². The summed E-state index contributed by atoms with van der Waals surface area (Å²) in [6, 6.07) is 19.3. The lowest BCUT2D eigenvalue weighted by atomic mass is 10.1. The Bertz CT molecular complexity index is 961. The number of nitrogens with zero attached hydrogens (tertiary/aromatic N) is 2. The van der Waals surface area contributed by atoms with E-state index in [0.717, 1.165) is 22.6 Å². The summed E-state index contributed by atoms with van der Waals surface area (Å²) in [7, 11) is 5.60. The van der Waals surface area contributed by atoms with Crippen LogP contribution in [0, 0.1) is 0 Å². The molecule has 1 unspecified atom stereocenters. The van der Waals surface area contributed by atoms with Gasteiger partial charge in [0.1, 0.15) is 24.2 Å². The van der Waals surface area contributed by atoms with E-state index in [4.69, 9.17) is 14.2 Å². The maximum atomic E-state index is 12.5. The molecule has 3 aromatic rings. The van der Waals surface area contributed by atoms with Gasteiger partial charge in [-0.15, -0.1) is 0 Å². The fourth-order valence-electron chi connectivity index (χ4n) is 3.06. The second kappa shape index (κ2) is 11.6. The van der Waals surface area contributed by atoms with Gasteiger partial charge in [-0.1, -0.05) is 24.3 Å². The molecule has 0 aliphatic rings. The van der Waals surface area contributed by atoms with E-state index in [1.54, 1.807) is 25.6 Å². The molecule has 0 saturated heterocycles. The molecule has 0 bridgehead atoms. The van der Waals surface area contributed by atoms with Gasteiger partial charge in [0.15, 0.2) is 0 Å². The number of hydrogen-bond donors (Lipinski definition) is 1. The highest BCUT2D eigenvalue weighted by Gasteiger charge is 2.17. The number of anilines is 1. The van der Waals surface area contributed by atoms with Gasteiger partial charge in [0.25, 0.3) is 0 Å². The Balaban J connectivity index is 1.58. The third-order valence-corrected chi connectivity index (χ3v) is 4.86. The van der Waals surface area contributed by atoms with Gasteiger partial charge in [0, 0.05) is 38.9 Å². The topological polar surface area (TPSA) is 72.9 Å². The van der Waals surface area contributed by atoms with Crippen molar-refractivity contribution in [2.75, 3.05) is 32.7 Å². The summed E-state index contributed by atoms with van der Waals surface area (Å²) in [5, 5.41) is 2.82. The van der Waals surface area contributed by atoms with Crippen molar-refractivity contribution in [3.05, 3.63) is 84.2 Å². The summed E-state index contributed by atoms with van der Waals surface area (Å²) >= 11 is 0. The fraction of sp³-hybridized carbons (Fsp3) is 0.280. The number of alkyl carbamates (subject to hydrolysis) is 1. The molecule has 0 aliphatic heterocycles. The van der Waals surface area contributed by atoms with Crippen molar-refractivity contribution in [2.45, 2.75) is 19.1 Å². The second-order valence-corrected chi connectivity index (χ2v) is 7.49. The number of pyridine rings is 1. The Morgan fingerprint density at radius 1 is 1.00 bits per heavy atom. The molecule has 1 heterocycles. The minimum absolute atomic E-state index is 0.211. The molecule has 0 radical (unpaired) electrons. The third-order valence-electron chi connectivity index (χ3n) is 4.86. The van der Waals surface area contributed by atoms with E-state index >= 15 is 0 Å². The van der Waals surface area contributed by atoms with Crippen LogP contribution in [-0.2, 0) is 17.7 Å². The van der Waals surface area contributed by atoms with Crippen molar-refractivity contribution >= 4 is 11.8 Å². The van der Waals surface area contributed by atoms with E-state index in [2.05, 4.69) is 10.3 Å². The molecule has 32 heavy (non-hydrogen) atoms. The first kappa shape index (κ1) is 22.9. The zero-order chi connectivity index (χ0) is 22.8. The van der Waals surface area contributed by atoms with Crippen LogP contribution in [0.5, 0.6) is 11.5 Å². The predicted molar refractivity (Wildman–Crippen MR) is 124 cm³/mol. The highest BCUT2D eigenvalue weighted by Crippen LogP contribution is 2.16. The molecule has 168 valence electrons. The Labute approximate surface area is 188 Å². The van der Waals surface area contributed by atoms with Crippen molar-refractivity contribution < 1.29 is 19.0 Å². The highest BCUT2D eigenvalue weighted by atomic mass is 16.6. The Kier molecular flexibility index (Phi) is 8.31. The maximum absolute atomic E-state index is 12.5. The molecular weight excluding hydrogens is 406 g/mol. The van der Waals surface area contributed by atoms with Gasteiger partial charge in [-0.05, 0) is 47.5 Å². The Morgan fingerprint density at radius 3 is 2.34 bits per heavy atom. The fourth-order valence-corrected chi connectivity index (χ4v) is 3.06. The molecule has 0 fully saturated rings. The number of nitrogens with one attached hydrogen (secondary N) is 1. The average molecular weight is 436 g/mol. The first-order chi connectivity index (χ1) is 15.5. The van der Waals surface area contributed by atoms with Crippen molar-refractivity contribution in [1.29, 1.82) is 0 Å². The minimum Gasteiger partial charge on any atom is -0.497 e. The van der Waals surface area contributed by atoms with E-state index < -0.39 is 12.2 Å². The number of aromatic nitrogens is 1. The molecule has 1 atom stereocenters. The van der Waals surface area contributed by atoms with Crippen LogP contribution in [0.15, 0.2) is 73.1 Å². The van der Waals surface area contributed by atoms with Crippen molar-refractivity contribution in [1.82, 2.24) is 10.3 Å². The van der Waals surface area contributed by atoms with Gasteiger partial charge in [-0.25, -0.2) is 4.79 Å². The molecule has 0 aliphatic carbocycles. The van der Waals surface area contributed by atoms with Gasteiger partial charge >= 0.3 is 6.09 Å². The molecule has 1 N–H and O–H groups in total. The van der Waals surface area contributed by atoms with Gasteiger partial charge in [-0.2, -0.15) is 0 Å². The molecule has 1 amide bonds. The zero-order valence-electron chi connectivity index (χ0n) is 18.7. The number of rotatable bonds is 10. The predicted octanol–water partition coefficient (Wildman–Crippen LogP) is 4.07. The Hall–Kier alpha value is -3.74. The van der Waals surface area contributed by atoms with Crippen LogP contribution in [0.2, 0.25) is 0 Å². The van der Waals surface area contributed by atoms with E-state index in [0.29, 0.717) is 18.7 Å². The average Bonchev–Trinajstić information content (AvgIpc) is 2.82. The third kappa shape index (κ3) is 7.19. The standard InChI is InChI=1S/C25H29N3O4/c1-28(2)21-10-6-20(7-11-21)16-27-25(29)32-24(18-31-23-5-4-14-26-17-23)15-19-8-12-22(30-3)13-9-19/h4-14,17,24H,15-16,18H2,1-3H3,(H,27,29). The molecule has 0 saturated carbocycles. The largest absolute Gasteiger partial charge is 0.497 e. The lowest BCUT2D eigenvalue weighted by Gasteiger charge is -2.19. The summed E-state index contributed by atoms with van der Waals surface area (Å²) in [5.74, 6) is 1.40. The molecule has 1 aromatic heterocycles. The summed E-state index contributed by atoms with van der Waals surface area (Å²) in [4.78, 5) is 18.5. The van der Waals surface area contributed by atoms with Gasteiger partial charge < -0.3 is 24.4 Å². The van der Waals surface area contributed by atoms with Crippen LogP contribution in [0.1, 0.15) is 11.1 Å². The number of methoxy groups -OCH3 is 1. The molecule has 7 heteroatoms. The number of ether oxygens (including phenoxy) is 3. The van der Waals surface area contributed by atoms with E-state index in [1.807, 2.05) is 73.6 Å². The number of carbonyl (C=O) groups is 1. The second-order valence-electron chi connectivity index (χ2n) is 7.49. The van der Waals surface area contributed by atoms with Crippen LogP contribution in [0.4, 0.5) is 10.5 Å². The smallest absolute Gasteiger partial charge is 0.407 e. The lowest BCUT2D eigenvalue weighted by Crippen LogP contribution is -2.33. The quantitative estimate of drug-likeness (QED) is 0.518. The zero-order valence-corrected chi connectivity index (χ0v) is 18.7. The number of benzene rings is 2. The van der Waals surface area contributed by atoms with Crippen LogP contribution in [0.3, 0.4) is 0 Å². The molecule has 7 nitrogen and oxygen atoms in total. The SMILES string of the molecule is COc1ccc(CC(COc2cccnc2)OC(=O)NCc2ccc(N(C)C)cc2)cc1. The molecule has 2 aromatic carbocycles. The van der Waals surface area contributed by atoms with Gasteiger partial charge in [-0.3, -0.25) is 4.98 Å². The van der Waals surface area contributed by atoms with Crippen molar-refractivity contribution in [2.24, 2.45) is 0 Å². The van der Waals surface area contributed by atoms with Gasteiger partial charge in [0.2, 0.25) is 0 Å². The highest BCUT2D eigenvalue weighted by molar-refractivity contribution is 5.67. The molecule has 0 spiro atoms. The van der Waals surface area contributed by atoms with Crippen molar-refractivity contribution in [3.63, 3.8) is 0 Å². The lowest BCUT2D eigenvalue weighted by molar-refractivity contribution is 0.0648. The summed E-state index contributed by atoms with van der Waals surface area (Å²) in [5.41, 5.74) is 3.10. The van der Waals surface area contributed by atoms with Crippen molar-refractivity contribution in [3.8, 4) is 11.5 Å². The first-order valence-corrected chi connectivity index (χ1v) is 10.4. The molecule has 3 rings (SSSR count). The summed E-state index contributed by atoms with van der Waals surface area (Å²) in [6.45, 7) is 0.591. The maximum Gasteiger partial charge on any atom is 0.407 e. The van der Waals surface area contributed by atoms with E-state index in [9.17, 15) is 4.79 Å². The first-order valence-electron chi connectivity index (χ1n) is 10.4. The van der Waals surface area contributed by atoms with Crippen LogP contribution in [0.25, 0.3) is 0 Å². The number of amides is 1. The molecular formula is C25H29N3O4. The summed E-state index contributed by atoms with van der Waals surface area (Å²) < 4.78 is 16.7. The van der Waals surface area contributed by atoms with E-state index in [-0.39, 0.29) is 6.61 Å². The monoisotopic (exact) mass is 435 g/mol. The summed E-state index contributed by atoms with van der Waals surface area (Å²) in [6.07, 6.45) is 2.85.